The summed E-state index contributed by atoms with van der Waals surface area (Å²) < 4.78 is 2.27. The van der Waals surface area contributed by atoms with E-state index in [0.717, 1.165) is 18.8 Å². The van der Waals surface area contributed by atoms with Crippen molar-refractivity contribution in [3.05, 3.63) is 30.0 Å². The number of nitrogens with one attached hydrogen (secondary N) is 1. The summed E-state index contributed by atoms with van der Waals surface area (Å²) in [5.74, 6) is 0. The van der Waals surface area contributed by atoms with Crippen molar-refractivity contribution in [1.29, 1.82) is 0 Å². The highest BCUT2D eigenvalue weighted by Crippen LogP contribution is 2.24. The molecule has 0 amide bonds. The smallest absolute Gasteiger partial charge is 0.0485 e. The number of nitrogens with two attached hydrogens (primary N) is 1. The number of rotatable bonds is 4. The summed E-state index contributed by atoms with van der Waals surface area (Å²) in [5.41, 5.74) is 9.29. The second-order valence-corrected chi connectivity index (χ2v) is 4.75. The SMILES string of the molecule is CCn1cc(CNC(C)C)c2cc(N)ccc21. The third-order valence-corrected chi connectivity index (χ3v) is 3.03. The number of nitrogens with zero attached hydrogens (tertiary/aromatic N) is 1. The minimum Gasteiger partial charge on any atom is -0.399 e. The first-order chi connectivity index (χ1) is 8.11. The highest BCUT2D eigenvalue weighted by molar-refractivity contribution is 5.86. The lowest BCUT2D eigenvalue weighted by Crippen LogP contribution is -2.21. The number of aromatic nitrogens is 1. The lowest BCUT2D eigenvalue weighted by atomic mass is 10.1. The topological polar surface area (TPSA) is 43.0 Å². The predicted molar refractivity (Wildman–Crippen MR) is 74.0 cm³/mol. The second-order valence-electron chi connectivity index (χ2n) is 4.75. The van der Waals surface area contributed by atoms with Crippen LogP contribution in [0.25, 0.3) is 10.9 Å². The number of hydrogen-bond acceptors (Lipinski definition) is 2. The van der Waals surface area contributed by atoms with Gasteiger partial charge in [0.2, 0.25) is 0 Å². The zero-order valence-corrected chi connectivity index (χ0v) is 10.8. The van der Waals surface area contributed by atoms with Crippen molar-refractivity contribution in [2.75, 3.05) is 5.73 Å². The molecule has 0 aliphatic heterocycles. The molecule has 0 aliphatic carbocycles. The van der Waals surface area contributed by atoms with Crippen molar-refractivity contribution in [2.45, 2.75) is 39.9 Å². The Labute approximate surface area is 103 Å². The first-order valence-corrected chi connectivity index (χ1v) is 6.22. The van der Waals surface area contributed by atoms with Gasteiger partial charge in [-0.05, 0) is 30.7 Å². The Balaban J connectivity index is 2.43. The molecule has 1 heterocycles. The fraction of sp³-hybridized carbons (Fsp3) is 0.429. The third-order valence-electron chi connectivity index (χ3n) is 3.03. The quantitative estimate of drug-likeness (QED) is 0.795. The van der Waals surface area contributed by atoms with E-state index in [-0.39, 0.29) is 0 Å². The average molecular weight is 231 g/mol. The maximum absolute atomic E-state index is 5.87. The standard InChI is InChI=1S/C14H21N3/c1-4-17-9-11(8-16-10(2)3)13-7-12(15)5-6-14(13)17/h5-7,9-10,16H,4,8,15H2,1-3H3. The van der Waals surface area contributed by atoms with Gasteiger partial charge in [-0.2, -0.15) is 0 Å². The molecule has 0 bridgehead atoms. The molecule has 3 heteroatoms. The fourth-order valence-corrected chi connectivity index (χ4v) is 2.11. The van der Waals surface area contributed by atoms with Gasteiger partial charge in [-0.1, -0.05) is 13.8 Å². The summed E-state index contributed by atoms with van der Waals surface area (Å²) in [5, 5.41) is 4.72. The van der Waals surface area contributed by atoms with E-state index < -0.39 is 0 Å². The normalized spacial score (nSPS) is 11.5. The summed E-state index contributed by atoms with van der Waals surface area (Å²) >= 11 is 0. The van der Waals surface area contributed by atoms with Crippen LogP contribution in [-0.4, -0.2) is 10.6 Å². The largest absolute Gasteiger partial charge is 0.399 e. The molecule has 0 aliphatic rings. The Morgan fingerprint density at radius 2 is 2.12 bits per heavy atom. The molecule has 0 fully saturated rings. The average Bonchev–Trinajstić information content (AvgIpc) is 2.63. The zero-order valence-electron chi connectivity index (χ0n) is 10.8. The highest BCUT2D eigenvalue weighted by Gasteiger charge is 2.08. The minimum absolute atomic E-state index is 0.496. The van der Waals surface area contributed by atoms with Crippen LogP contribution in [0.3, 0.4) is 0 Å². The maximum atomic E-state index is 5.87. The molecular formula is C14H21N3. The first kappa shape index (κ1) is 12.0. The van der Waals surface area contributed by atoms with Gasteiger partial charge in [0.05, 0.1) is 0 Å². The van der Waals surface area contributed by atoms with Crippen molar-refractivity contribution >= 4 is 16.6 Å². The number of fused-ring (bicyclic) bond motifs is 1. The minimum atomic E-state index is 0.496. The summed E-state index contributed by atoms with van der Waals surface area (Å²) in [7, 11) is 0. The van der Waals surface area contributed by atoms with Crippen molar-refractivity contribution in [1.82, 2.24) is 9.88 Å². The van der Waals surface area contributed by atoms with Gasteiger partial charge in [-0.25, -0.2) is 0 Å². The van der Waals surface area contributed by atoms with E-state index in [4.69, 9.17) is 5.73 Å². The number of benzene rings is 1. The van der Waals surface area contributed by atoms with Crippen molar-refractivity contribution in [3.8, 4) is 0 Å². The summed E-state index contributed by atoms with van der Waals surface area (Å²) in [4.78, 5) is 0. The molecule has 3 nitrogen and oxygen atoms in total. The number of hydrogen-bond donors (Lipinski definition) is 2. The molecule has 0 unspecified atom stereocenters. The number of nitrogen functional groups attached to an aromatic ring is 1. The third kappa shape index (κ3) is 2.44. The van der Waals surface area contributed by atoms with Crippen LogP contribution < -0.4 is 11.1 Å². The molecule has 0 saturated carbocycles. The Hall–Kier alpha value is -1.48. The maximum Gasteiger partial charge on any atom is 0.0485 e. The van der Waals surface area contributed by atoms with Gasteiger partial charge >= 0.3 is 0 Å². The van der Waals surface area contributed by atoms with Crippen LogP contribution in [0.1, 0.15) is 26.3 Å². The zero-order chi connectivity index (χ0) is 12.4. The summed E-state index contributed by atoms with van der Waals surface area (Å²) in [6.07, 6.45) is 2.22. The van der Waals surface area contributed by atoms with Gasteiger partial charge in [-0.3, -0.25) is 0 Å². The van der Waals surface area contributed by atoms with Crippen LogP contribution >= 0.6 is 0 Å². The van der Waals surface area contributed by atoms with Crippen LogP contribution in [0.15, 0.2) is 24.4 Å². The van der Waals surface area contributed by atoms with Crippen molar-refractivity contribution < 1.29 is 0 Å². The molecule has 17 heavy (non-hydrogen) atoms. The molecule has 2 rings (SSSR count). The molecular weight excluding hydrogens is 210 g/mol. The predicted octanol–water partition coefficient (Wildman–Crippen LogP) is 2.74. The number of aryl methyl sites for hydroxylation is 1. The van der Waals surface area contributed by atoms with Crippen LogP contribution in [0.4, 0.5) is 5.69 Å². The van der Waals surface area contributed by atoms with Gasteiger partial charge < -0.3 is 15.6 Å². The van der Waals surface area contributed by atoms with Gasteiger partial charge in [0.25, 0.3) is 0 Å². The van der Waals surface area contributed by atoms with Gasteiger partial charge in [0.15, 0.2) is 0 Å². The van der Waals surface area contributed by atoms with Gasteiger partial charge in [0.1, 0.15) is 0 Å². The Kier molecular flexibility index (Phi) is 3.38. The molecule has 0 radical (unpaired) electrons. The van der Waals surface area contributed by atoms with E-state index in [0.29, 0.717) is 6.04 Å². The van der Waals surface area contributed by atoms with Crippen LogP contribution in [0.5, 0.6) is 0 Å². The van der Waals surface area contributed by atoms with Crippen LogP contribution in [0, 0.1) is 0 Å². The van der Waals surface area contributed by atoms with E-state index in [9.17, 15) is 0 Å². The molecule has 1 aromatic heterocycles. The Bertz CT molecular complexity index is 511. The van der Waals surface area contributed by atoms with E-state index >= 15 is 0 Å². The van der Waals surface area contributed by atoms with E-state index in [2.05, 4.69) is 49.0 Å². The molecule has 92 valence electrons. The monoisotopic (exact) mass is 231 g/mol. The fourth-order valence-electron chi connectivity index (χ4n) is 2.11. The van der Waals surface area contributed by atoms with Gasteiger partial charge in [-0.15, -0.1) is 0 Å². The first-order valence-electron chi connectivity index (χ1n) is 6.22. The van der Waals surface area contributed by atoms with E-state index in [1.165, 1.54) is 16.5 Å². The summed E-state index contributed by atoms with van der Waals surface area (Å²) in [6.45, 7) is 8.36. The summed E-state index contributed by atoms with van der Waals surface area (Å²) in [6, 6.07) is 6.64. The van der Waals surface area contributed by atoms with Crippen LogP contribution in [0.2, 0.25) is 0 Å². The lowest BCUT2D eigenvalue weighted by molar-refractivity contribution is 0.589. The molecule has 1 aromatic carbocycles. The van der Waals surface area contributed by atoms with Crippen LogP contribution in [-0.2, 0) is 13.1 Å². The Morgan fingerprint density at radius 3 is 2.76 bits per heavy atom. The molecule has 3 N–H and O–H groups in total. The van der Waals surface area contributed by atoms with Crippen molar-refractivity contribution in [3.63, 3.8) is 0 Å². The Morgan fingerprint density at radius 1 is 1.35 bits per heavy atom. The number of anilines is 1. The molecule has 0 spiro atoms. The molecule has 0 atom stereocenters. The molecule has 2 aromatic rings. The second kappa shape index (κ2) is 4.80. The van der Waals surface area contributed by atoms with E-state index in [1.807, 2.05) is 6.07 Å². The van der Waals surface area contributed by atoms with Crippen molar-refractivity contribution in [2.24, 2.45) is 0 Å². The van der Waals surface area contributed by atoms with E-state index in [1.54, 1.807) is 0 Å². The van der Waals surface area contributed by atoms with Gasteiger partial charge in [0, 0.05) is 41.9 Å². The molecule has 0 saturated heterocycles. The lowest BCUT2D eigenvalue weighted by Gasteiger charge is -2.06. The highest BCUT2D eigenvalue weighted by atomic mass is 15.0.